The first-order chi connectivity index (χ1) is 7.58. The fraction of sp³-hybridized carbons (Fsp3) is 0.417. The zero-order valence-electron chi connectivity index (χ0n) is 9.72. The number of nitrogens with two attached hydrogens (primary N) is 1. The van der Waals surface area contributed by atoms with Gasteiger partial charge < -0.3 is 15.7 Å². The first kappa shape index (κ1) is 13.8. The molecule has 0 spiro atoms. The van der Waals surface area contributed by atoms with E-state index >= 15 is 0 Å². The van der Waals surface area contributed by atoms with Crippen LogP contribution >= 0.6 is 12.4 Å². The third-order valence-corrected chi connectivity index (χ3v) is 2.89. The summed E-state index contributed by atoms with van der Waals surface area (Å²) in [5.74, 6) is -0.0924. The second-order valence-corrected chi connectivity index (χ2v) is 4.32. The number of phenols is 1. The van der Waals surface area contributed by atoms with Crippen LogP contribution in [0.5, 0.6) is 5.75 Å². The van der Waals surface area contributed by atoms with Crippen molar-refractivity contribution in [3.8, 4) is 5.75 Å². The summed E-state index contributed by atoms with van der Waals surface area (Å²) in [4.78, 5) is 13.8. The second kappa shape index (κ2) is 5.38. The van der Waals surface area contributed by atoms with Crippen molar-refractivity contribution in [1.82, 2.24) is 4.90 Å². The number of aromatic hydroxyl groups is 1. The fourth-order valence-electron chi connectivity index (χ4n) is 1.96. The number of halogens is 1. The number of hydrogen-bond donors (Lipinski definition) is 2. The molecule has 5 heteroatoms. The van der Waals surface area contributed by atoms with Crippen LogP contribution in [0.15, 0.2) is 18.2 Å². The molecule has 0 bridgehead atoms. The Balaban J connectivity index is 0.00000144. The molecule has 1 atom stereocenters. The zero-order valence-corrected chi connectivity index (χ0v) is 10.5. The van der Waals surface area contributed by atoms with Gasteiger partial charge in [0.25, 0.3) is 5.91 Å². The maximum absolute atomic E-state index is 12.1. The van der Waals surface area contributed by atoms with Gasteiger partial charge in [-0.3, -0.25) is 4.79 Å². The normalized spacial score (nSPS) is 18.9. The van der Waals surface area contributed by atoms with E-state index in [0.29, 0.717) is 18.7 Å². The summed E-state index contributed by atoms with van der Waals surface area (Å²) >= 11 is 0. The molecule has 0 saturated carbocycles. The average Bonchev–Trinajstić information content (AvgIpc) is 2.67. The zero-order chi connectivity index (χ0) is 11.7. The van der Waals surface area contributed by atoms with Crippen molar-refractivity contribution in [2.75, 3.05) is 13.1 Å². The molecule has 0 aromatic heterocycles. The average molecular weight is 257 g/mol. The Labute approximate surface area is 107 Å². The third-order valence-electron chi connectivity index (χ3n) is 2.89. The molecular weight excluding hydrogens is 240 g/mol. The summed E-state index contributed by atoms with van der Waals surface area (Å²) in [7, 11) is 0. The van der Waals surface area contributed by atoms with Crippen molar-refractivity contribution in [1.29, 1.82) is 0 Å². The molecule has 1 amide bonds. The van der Waals surface area contributed by atoms with Crippen molar-refractivity contribution in [3.63, 3.8) is 0 Å². The van der Waals surface area contributed by atoms with Gasteiger partial charge in [-0.25, -0.2) is 0 Å². The molecule has 1 fully saturated rings. The number of aryl methyl sites for hydroxylation is 1. The van der Waals surface area contributed by atoms with Gasteiger partial charge in [-0.2, -0.15) is 0 Å². The SMILES string of the molecule is Cc1ccc(O)c(C(=O)N2CC[C@@H](N)C2)c1.Cl. The molecule has 1 aromatic rings. The predicted octanol–water partition coefficient (Wildman–Crippen LogP) is 1.30. The monoisotopic (exact) mass is 256 g/mol. The topological polar surface area (TPSA) is 66.6 Å². The van der Waals surface area contributed by atoms with Gasteiger partial charge in [-0.05, 0) is 25.5 Å². The van der Waals surface area contributed by atoms with Crippen LogP contribution in [0.1, 0.15) is 22.3 Å². The van der Waals surface area contributed by atoms with Gasteiger partial charge in [0.05, 0.1) is 5.56 Å². The molecule has 3 N–H and O–H groups in total. The van der Waals surface area contributed by atoms with Gasteiger partial charge in [0.2, 0.25) is 0 Å². The summed E-state index contributed by atoms with van der Waals surface area (Å²) in [5.41, 5.74) is 7.08. The molecule has 1 saturated heterocycles. The van der Waals surface area contributed by atoms with Gasteiger partial charge >= 0.3 is 0 Å². The molecular formula is C12H17ClN2O2. The summed E-state index contributed by atoms with van der Waals surface area (Å²) in [5, 5.41) is 9.65. The first-order valence-electron chi connectivity index (χ1n) is 5.42. The Kier molecular flexibility index (Phi) is 4.37. The third kappa shape index (κ3) is 2.90. The number of nitrogens with zero attached hydrogens (tertiary/aromatic N) is 1. The van der Waals surface area contributed by atoms with E-state index in [1.54, 1.807) is 23.1 Å². The lowest BCUT2D eigenvalue weighted by Crippen LogP contribution is -2.31. The van der Waals surface area contributed by atoms with Crippen molar-refractivity contribution in [3.05, 3.63) is 29.3 Å². The van der Waals surface area contributed by atoms with E-state index < -0.39 is 0 Å². The second-order valence-electron chi connectivity index (χ2n) is 4.32. The van der Waals surface area contributed by atoms with Crippen LogP contribution < -0.4 is 5.73 Å². The number of rotatable bonds is 1. The van der Waals surface area contributed by atoms with Crippen LogP contribution in [0.25, 0.3) is 0 Å². The van der Waals surface area contributed by atoms with Crippen molar-refractivity contribution in [2.45, 2.75) is 19.4 Å². The number of amides is 1. The minimum absolute atomic E-state index is 0. The molecule has 4 nitrogen and oxygen atoms in total. The van der Waals surface area contributed by atoms with E-state index in [1.807, 2.05) is 6.92 Å². The van der Waals surface area contributed by atoms with Gasteiger partial charge in [0.1, 0.15) is 5.75 Å². The summed E-state index contributed by atoms with van der Waals surface area (Å²) in [6.07, 6.45) is 0.832. The molecule has 0 aliphatic carbocycles. The largest absolute Gasteiger partial charge is 0.507 e. The van der Waals surface area contributed by atoms with Gasteiger partial charge in [-0.1, -0.05) is 11.6 Å². The van der Waals surface area contributed by atoms with Crippen molar-refractivity contribution in [2.24, 2.45) is 5.73 Å². The number of carbonyl (C=O) groups excluding carboxylic acids is 1. The smallest absolute Gasteiger partial charge is 0.257 e. The quantitative estimate of drug-likeness (QED) is 0.796. The standard InChI is InChI=1S/C12H16N2O2.ClH/c1-8-2-3-11(15)10(6-8)12(16)14-5-4-9(13)7-14;/h2-3,6,9,15H,4-5,7,13H2,1H3;1H/t9-;/m1./s1. The van der Waals surface area contributed by atoms with Crippen LogP contribution in [-0.4, -0.2) is 35.0 Å². The highest BCUT2D eigenvalue weighted by Gasteiger charge is 2.25. The number of phenolic OH excluding ortho intramolecular Hbond substituents is 1. The number of benzene rings is 1. The van der Waals surface area contributed by atoms with Gasteiger partial charge in [0, 0.05) is 19.1 Å². The van der Waals surface area contributed by atoms with E-state index in [4.69, 9.17) is 5.73 Å². The number of carbonyl (C=O) groups is 1. The lowest BCUT2D eigenvalue weighted by molar-refractivity contribution is 0.0788. The first-order valence-corrected chi connectivity index (χ1v) is 5.42. The maximum Gasteiger partial charge on any atom is 0.257 e. The van der Waals surface area contributed by atoms with E-state index in [0.717, 1.165) is 12.0 Å². The summed E-state index contributed by atoms with van der Waals surface area (Å²) < 4.78 is 0. The van der Waals surface area contributed by atoms with E-state index in [1.165, 1.54) is 0 Å². The van der Waals surface area contributed by atoms with Crippen molar-refractivity contribution < 1.29 is 9.90 Å². The number of hydrogen-bond acceptors (Lipinski definition) is 3. The summed E-state index contributed by atoms with van der Waals surface area (Å²) in [6.45, 7) is 3.14. The lowest BCUT2D eigenvalue weighted by atomic mass is 10.1. The molecule has 17 heavy (non-hydrogen) atoms. The van der Waals surface area contributed by atoms with Crippen LogP contribution in [0.3, 0.4) is 0 Å². The molecule has 1 aliphatic heterocycles. The minimum atomic E-state index is -0.130. The highest BCUT2D eigenvalue weighted by molar-refractivity contribution is 5.97. The highest BCUT2D eigenvalue weighted by Crippen LogP contribution is 2.21. The van der Waals surface area contributed by atoms with Gasteiger partial charge in [-0.15, -0.1) is 12.4 Å². The molecule has 1 aliphatic rings. The molecule has 94 valence electrons. The molecule has 0 unspecified atom stereocenters. The van der Waals surface area contributed by atoms with Crippen LogP contribution in [0.2, 0.25) is 0 Å². The summed E-state index contributed by atoms with van der Waals surface area (Å²) in [6, 6.07) is 5.11. The molecule has 2 rings (SSSR count). The van der Waals surface area contributed by atoms with Crippen LogP contribution in [0, 0.1) is 6.92 Å². The Bertz CT molecular complexity index is 423. The van der Waals surface area contributed by atoms with Crippen LogP contribution in [0.4, 0.5) is 0 Å². The van der Waals surface area contributed by atoms with E-state index in [-0.39, 0.29) is 30.1 Å². The van der Waals surface area contributed by atoms with Crippen LogP contribution in [-0.2, 0) is 0 Å². The fourth-order valence-corrected chi connectivity index (χ4v) is 1.96. The Morgan fingerprint density at radius 3 is 2.82 bits per heavy atom. The Hall–Kier alpha value is -1.26. The van der Waals surface area contributed by atoms with E-state index in [2.05, 4.69) is 0 Å². The number of likely N-dealkylation sites (tertiary alicyclic amines) is 1. The van der Waals surface area contributed by atoms with E-state index in [9.17, 15) is 9.90 Å². The molecule has 0 radical (unpaired) electrons. The lowest BCUT2D eigenvalue weighted by Gasteiger charge is -2.16. The Morgan fingerprint density at radius 2 is 2.24 bits per heavy atom. The van der Waals surface area contributed by atoms with Gasteiger partial charge in [0.15, 0.2) is 0 Å². The Morgan fingerprint density at radius 1 is 1.53 bits per heavy atom. The minimum Gasteiger partial charge on any atom is -0.507 e. The molecule has 1 heterocycles. The highest BCUT2D eigenvalue weighted by atomic mass is 35.5. The molecule has 1 aromatic carbocycles. The van der Waals surface area contributed by atoms with Crippen molar-refractivity contribution >= 4 is 18.3 Å². The predicted molar refractivity (Wildman–Crippen MR) is 68.6 cm³/mol. The maximum atomic E-state index is 12.1.